The molecule has 1 aromatic rings. The first-order chi connectivity index (χ1) is 7.20. The van der Waals surface area contributed by atoms with Crippen molar-refractivity contribution in [3.05, 3.63) is 24.3 Å². The number of nitrogens with one attached hydrogen (secondary N) is 1. The van der Waals surface area contributed by atoms with Crippen LogP contribution in [0, 0.1) is 0 Å². The van der Waals surface area contributed by atoms with Crippen molar-refractivity contribution in [3.8, 4) is 0 Å². The number of hydrazine groups is 1. The summed E-state index contributed by atoms with van der Waals surface area (Å²) >= 11 is 0. The molecular weight excluding hydrogens is 190 g/mol. The van der Waals surface area contributed by atoms with E-state index in [4.69, 9.17) is 5.73 Å². The van der Waals surface area contributed by atoms with Crippen molar-refractivity contribution in [2.75, 3.05) is 10.7 Å². The van der Waals surface area contributed by atoms with E-state index in [9.17, 15) is 4.79 Å². The van der Waals surface area contributed by atoms with Crippen LogP contribution in [0.15, 0.2) is 24.3 Å². The SMILES string of the molecule is CCC1CC(=O)N(c2ccc(N)cc2)N1. The van der Waals surface area contributed by atoms with Gasteiger partial charge >= 0.3 is 0 Å². The number of nitrogens with zero attached hydrogens (tertiary/aromatic N) is 1. The molecule has 1 saturated heterocycles. The molecule has 1 aliphatic rings. The number of rotatable bonds is 2. The predicted molar refractivity (Wildman–Crippen MR) is 60.2 cm³/mol. The second kappa shape index (κ2) is 3.90. The third kappa shape index (κ3) is 1.94. The van der Waals surface area contributed by atoms with E-state index in [2.05, 4.69) is 12.3 Å². The maximum absolute atomic E-state index is 11.7. The lowest BCUT2D eigenvalue weighted by atomic mass is 10.2. The molecule has 1 heterocycles. The third-order valence-electron chi connectivity index (χ3n) is 2.63. The molecule has 15 heavy (non-hydrogen) atoms. The monoisotopic (exact) mass is 205 g/mol. The number of anilines is 2. The van der Waals surface area contributed by atoms with Crippen molar-refractivity contribution in [3.63, 3.8) is 0 Å². The molecule has 1 aliphatic heterocycles. The molecular formula is C11H15N3O. The fraction of sp³-hybridized carbons (Fsp3) is 0.364. The van der Waals surface area contributed by atoms with Crippen molar-refractivity contribution in [1.29, 1.82) is 0 Å². The van der Waals surface area contributed by atoms with Crippen LogP contribution in [0.25, 0.3) is 0 Å². The van der Waals surface area contributed by atoms with Gasteiger partial charge in [-0.3, -0.25) is 4.79 Å². The lowest BCUT2D eigenvalue weighted by molar-refractivity contribution is -0.117. The van der Waals surface area contributed by atoms with Gasteiger partial charge in [0, 0.05) is 18.2 Å². The van der Waals surface area contributed by atoms with Crippen LogP contribution in [0.2, 0.25) is 0 Å². The van der Waals surface area contributed by atoms with E-state index in [1.54, 1.807) is 17.1 Å². The molecule has 1 amide bonds. The summed E-state index contributed by atoms with van der Waals surface area (Å²) in [5.74, 6) is 0.117. The van der Waals surface area contributed by atoms with Crippen LogP contribution in [0.1, 0.15) is 19.8 Å². The number of nitrogens with two attached hydrogens (primary N) is 1. The molecule has 1 unspecified atom stereocenters. The van der Waals surface area contributed by atoms with E-state index in [1.165, 1.54) is 0 Å². The first-order valence-corrected chi connectivity index (χ1v) is 5.15. The topological polar surface area (TPSA) is 58.4 Å². The fourth-order valence-corrected chi connectivity index (χ4v) is 1.68. The zero-order chi connectivity index (χ0) is 10.8. The summed E-state index contributed by atoms with van der Waals surface area (Å²) in [6.45, 7) is 2.07. The molecule has 2 rings (SSSR count). The molecule has 1 fully saturated rings. The summed E-state index contributed by atoms with van der Waals surface area (Å²) in [5.41, 5.74) is 10.3. The Morgan fingerprint density at radius 3 is 2.67 bits per heavy atom. The smallest absolute Gasteiger partial charge is 0.243 e. The van der Waals surface area contributed by atoms with E-state index in [1.807, 2.05) is 12.1 Å². The summed E-state index contributed by atoms with van der Waals surface area (Å²) in [6.07, 6.45) is 1.53. The van der Waals surface area contributed by atoms with Crippen LogP contribution < -0.4 is 16.2 Å². The highest BCUT2D eigenvalue weighted by Crippen LogP contribution is 2.20. The molecule has 0 aliphatic carbocycles. The van der Waals surface area contributed by atoms with Crippen LogP contribution >= 0.6 is 0 Å². The van der Waals surface area contributed by atoms with Crippen molar-refractivity contribution in [1.82, 2.24) is 5.43 Å². The zero-order valence-corrected chi connectivity index (χ0v) is 8.73. The minimum atomic E-state index is 0.117. The summed E-state index contributed by atoms with van der Waals surface area (Å²) in [5, 5.41) is 1.60. The Morgan fingerprint density at radius 2 is 2.13 bits per heavy atom. The third-order valence-corrected chi connectivity index (χ3v) is 2.63. The van der Waals surface area contributed by atoms with E-state index >= 15 is 0 Å². The lowest BCUT2D eigenvalue weighted by Crippen LogP contribution is -2.37. The largest absolute Gasteiger partial charge is 0.399 e. The molecule has 1 aromatic carbocycles. The predicted octanol–water partition coefficient (Wildman–Crippen LogP) is 1.29. The molecule has 3 N–H and O–H groups in total. The highest BCUT2D eigenvalue weighted by Gasteiger charge is 2.28. The average molecular weight is 205 g/mol. The number of benzene rings is 1. The van der Waals surface area contributed by atoms with Crippen molar-refractivity contribution >= 4 is 17.3 Å². The van der Waals surface area contributed by atoms with Gasteiger partial charge in [-0.15, -0.1) is 0 Å². The van der Waals surface area contributed by atoms with Crippen LogP contribution in [0.4, 0.5) is 11.4 Å². The highest BCUT2D eigenvalue weighted by molar-refractivity contribution is 5.95. The van der Waals surface area contributed by atoms with Crippen molar-refractivity contribution in [2.45, 2.75) is 25.8 Å². The Kier molecular flexibility index (Phi) is 2.60. The first kappa shape index (κ1) is 9.98. The summed E-state index contributed by atoms with van der Waals surface area (Å²) in [4.78, 5) is 11.7. The van der Waals surface area contributed by atoms with Gasteiger partial charge in [-0.25, -0.2) is 10.4 Å². The first-order valence-electron chi connectivity index (χ1n) is 5.15. The Bertz CT molecular complexity index is 361. The quantitative estimate of drug-likeness (QED) is 0.715. The van der Waals surface area contributed by atoms with E-state index < -0.39 is 0 Å². The lowest BCUT2D eigenvalue weighted by Gasteiger charge is -2.17. The number of amides is 1. The maximum Gasteiger partial charge on any atom is 0.243 e. The minimum Gasteiger partial charge on any atom is -0.399 e. The average Bonchev–Trinajstić information content (AvgIpc) is 2.61. The van der Waals surface area contributed by atoms with Crippen molar-refractivity contribution in [2.24, 2.45) is 0 Å². The van der Waals surface area contributed by atoms with Gasteiger partial charge in [0.15, 0.2) is 0 Å². The number of carbonyl (C=O) groups is 1. The summed E-state index contributed by atoms with van der Waals surface area (Å²) in [6, 6.07) is 7.54. The Hall–Kier alpha value is -1.55. The molecule has 0 bridgehead atoms. The zero-order valence-electron chi connectivity index (χ0n) is 8.73. The van der Waals surface area contributed by atoms with Gasteiger partial charge in [-0.2, -0.15) is 0 Å². The van der Waals surface area contributed by atoms with Crippen LogP contribution in [-0.4, -0.2) is 11.9 Å². The molecule has 0 saturated carbocycles. The molecule has 1 atom stereocenters. The second-order valence-electron chi connectivity index (χ2n) is 3.76. The van der Waals surface area contributed by atoms with Gasteiger partial charge in [0.2, 0.25) is 5.91 Å². The van der Waals surface area contributed by atoms with Gasteiger partial charge in [0.25, 0.3) is 0 Å². The molecule has 0 radical (unpaired) electrons. The van der Waals surface area contributed by atoms with E-state index in [0.717, 1.165) is 12.1 Å². The Morgan fingerprint density at radius 1 is 1.47 bits per heavy atom. The second-order valence-corrected chi connectivity index (χ2v) is 3.76. The Labute approximate surface area is 89.0 Å². The number of carbonyl (C=O) groups excluding carboxylic acids is 1. The van der Waals surface area contributed by atoms with Crippen LogP contribution in [-0.2, 0) is 4.79 Å². The van der Waals surface area contributed by atoms with Crippen LogP contribution in [0.3, 0.4) is 0 Å². The molecule has 4 heteroatoms. The number of hydrogen-bond donors (Lipinski definition) is 2. The molecule has 0 aromatic heterocycles. The van der Waals surface area contributed by atoms with E-state index in [0.29, 0.717) is 12.1 Å². The molecule has 80 valence electrons. The van der Waals surface area contributed by atoms with Gasteiger partial charge in [-0.05, 0) is 30.7 Å². The standard InChI is InChI=1S/C11H15N3O/c1-2-9-7-11(15)14(13-9)10-5-3-8(12)4-6-10/h3-6,9,13H,2,7,12H2,1H3. The van der Waals surface area contributed by atoms with Gasteiger partial charge in [0.05, 0.1) is 5.69 Å². The molecule has 4 nitrogen and oxygen atoms in total. The fourth-order valence-electron chi connectivity index (χ4n) is 1.68. The minimum absolute atomic E-state index is 0.117. The number of hydrogen-bond acceptors (Lipinski definition) is 3. The van der Waals surface area contributed by atoms with Gasteiger partial charge in [0.1, 0.15) is 0 Å². The summed E-state index contributed by atoms with van der Waals surface area (Å²) in [7, 11) is 0. The van der Waals surface area contributed by atoms with Gasteiger partial charge in [-0.1, -0.05) is 6.92 Å². The van der Waals surface area contributed by atoms with Crippen LogP contribution in [0.5, 0.6) is 0 Å². The Balaban J connectivity index is 2.18. The number of nitrogen functional groups attached to an aromatic ring is 1. The summed E-state index contributed by atoms with van der Waals surface area (Å²) < 4.78 is 0. The maximum atomic E-state index is 11.7. The van der Waals surface area contributed by atoms with Gasteiger partial charge < -0.3 is 5.73 Å². The van der Waals surface area contributed by atoms with Crippen molar-refractivity contribution < 1.29 is 4.79 Å². The molecule has 0 spiro atoms. The normalized spacial score (nSPS) is 21.0. The van der Waals surface area contributed by atoms with E-state index in [-0.39, 0.29) is 11.9 Å². The highest BCUT2D eigenvalue weighted by atomic mass is 16.2.